The van der Waals surface area contributed by atoms with Gasteiger partial charge in [0.2, 0.25) is 5.89 Å². The van der Waals surface area contributed by atoms with Crippen molar-refractivity contribution in [3.63, 3.8) is 0 Å². The van der Waals surface area contributed by atoms with Crippen molar-refractivity contribution in [3.8, 4) is 5.75 Å². The molecule has 1 aromatic carbocycles. The normalized spacial score (nSPS) is 16.7. The highest BCUT2D eigenvalue weighted by molar-refractivity contribution is 5.93. The largest absolute Gasteiger partial charge is 0.496 e. The van der Waals surface area contributed by atoms with Gasteiger partial charge in [-0.25, -0.2) is 4.98 Å². The maximum atomic E-state index is 13.4. The molecule has 1 aliphatic heterocycles. The van der Waals surface area contributed by atoms with E-state index >= 15 is 0 Å². The van der Waals surface area contributed by atoms with Gasteiger partial charge in [0.1, 0.15) is 23.2 Å². The molecule has 1 saturated heterocycles. The van der Waals surface area contributed by atoms with Gasteiger partial charge < -0.3 is 14.1 Å². The lowest BCUT2D eigenvalue weighted by atomic mass is 10.0. The number of carbonyl (C=O) groups is 1. The van der Waals surface area contributed by atoms with E-state index in [-0.39, 0.29) is 17.9 Å². The number of aromatic nitrogens is 3. The number of aryl methyl sites for hydroxylation is 1. The summed E-state index contributed by atoms with van der Waals surface area (Å²) < 4.78 is 13.3. The molecule has 0 spiro atoms. The minimum Gasteiger partial charge on any atom is -0.496 e. The van der Waals surface area contributed by atoms with E-state index in [1.54, 1.807) is 18.0 Å². The second-order valence-electron chi connectivity index (χ2n) is 8.40. The van der Waals surface area contributed by atoms with Crippen LogP contribution in [0.25, 0.3) is 0 Å². The number of hydrogen-bond donors (Lipinski definition) is 0. The van der Waals surface area contributed by atoms with Crippen LogP contribution in [0.15, 0.2) is 40.9 Å². The lowest BCUT2D eigenvalue weighted by Gasteiger charge is -2.33. The lowest BCUT2D eigenvalue weighted by molar-refractivity contribution is 0.0558. The highest BCUT2D eigenvalue weighted by Gasteiger charge is 2.33. The molecule has 1 amide bonds. The quantitative estimate of drug-likeness (QED) is 0.585. The molecule has 31 heavy (non-hydrogen) atoms. The maximum Gasteiger partial charge on any atom is 0.272 e. The number of methoxy groups -OCH3 is 1. The molecular formula is C24H30N4O3. The van der Waals surface area contributed by atoms with E-state index in [0.29, 0.717) is 24.6 Å². The molecule has 2 aromatic heterocycles. The number of rotatable bonds is 6. The zero-order chi connectivity index (χ0) is 22.0. The maximum absolute atomic E-state index is 13.4. The van der Waals surface area contributed by atoms with Gasteiger partial charge in [-0.1, -0.05) is 32.0 Å². The summed E-state index contributed by atoms with van der Waals surface area (Å²) in [6.45, 7) is 4.85. The van der Waals surface area contributed by atoms with Gasteiger partial charge >= 0.3 is 0 Å². The molecule has 7 nitrogen and oxygen atoms in total. The summed E-state index contributed by atoms with van der Waals surface area (Å²) in [5.41, 5.74) is 2.58. The van der Waals surface area contributed by atoms with Crippen LogP contribution in [0.4, 0.5) is 0 Å². The van der Waals surface area contributed by atoms with Crippen LogP contribution >= 0.6 is 0 Å². The van der Waals surface area contributed by atoms with Crippen LogP contribution in [-0.4, -0.2) is 39.2 Å². The van der Waals surface area contributed by atoms with Gasteiger partial charge in [0.25, 0.3) is 5.91 Å². The van der Waals surface area contributed by atoms with Crippen molar-refractivity contribution in [1.82, 2.24) is 19.7 Å². The summed E-state index contributed by atoms with van der Waals surface area (Å²) in [5, 5.41) is 4.51. The number of piperidine rings is 1. The van der Waals surface area contributed by atoms with Crippen molar-refractivity contribution >= 4 is 5.91 Å². The van der Waals surface area contributed by atoms with Crippen molar-refractivity contribution in [2.75, 3.05) is 13.7 Å². The molecular weight excluding hydrogens is 392 g/mol. The molecule has 1 unspecified atom stereocenters. The molecule has 0 saturated carbocycles. The number of hydrogen-bond acceptors (Lipinski definition) is 5. The van der Waals surface area contributed by atoms with Crippen LogP contribution < -0.4 is 4.74 Å². The lowest BCUT2D eigenvalue weighted by Crippen LogP contribution is -2.39. The zero-order valence-electron chi connectivity index (χ0n) is 18.7. The first kappa shape index (κ1) is 21.2. The van der Waals surface area contributed by atoms with Crippen LogP contribution in [0.3, 0.4) is 0 Å². The molecule has 164 valence electrons. The Balaban J connectivity index is 1.56. The van der Waals surface area contributed by atoms with Gasteiger partial charge in [-0.15, -0.1) is 0 Å². The van der Waals surface area contributed by atoms with Gasteiger partial charge in [-0.05, 0) is 37.3 Å². The highest BCUT2D eigenvalue weighted by atomic mass is 16.5. The summed E-state index contributed by atoms with van der Waals surface area (Å²) in [6, 6.07) is 9.63. The second kappa shape index (κ2) is 8.96. The third kappa shape index (κ3) is 4.36. The molecule has 0 radical (unpaired) electrons. The Morgan fingerprint density at radius 2 is 2.10 bits per heavy atom. The fourth-order valence-electron chi connectivity index (χ4n) is 4.15. The van der Waals surface area contributed by atoms with E-state index in [1.807, 2.05) is 42.3 Å². The molecule has 1 atom stereocenters. The molecule has 0 aliphatic carbocycles. The molecule has 1 fully saturated rings. The summed E-state index contributed by atoms with van der Waals surface area (Å²) in [7, 11) is 3.49. The molecule has 3 aromatic rings. The molecule has 0 bridgehead atoms. The number of likely N-dealkylation sites (tertiary alicyclic amines) is 1. The molecule has 7 heteroatoms. The van der Waals surface area contributed by atoms with Crippen LogP contribution in [0, 0.1) is 0 Å². The Morgan fingerprint density at radius 3 is 2.84 bits per heavy atom. The minimum absolute atomic E-state index is 0.0175. The van der Waals surface area contributed by atoms with Gasteiger partial charge in [-0.3, -0.25) is 9.48 Å². The Kier molecular flexibility index (Phi) is 6.11. The van der Waals surface area contributed by atoms with E-state index in [9.17, 15) is 4.79 Å². The third-order valence-electron chi connectivity index (χ3n) is 5.89. The molecule has 3 heterocycles. The van der Waals surface area contributed by atoms with Gasteiger partial charge in [0, 0.05) is 25.6 Å². The second-order valence-corrected chi connectivity index (χ2v) is 8.40. The Hall–Kier alpha value is -3.09. The average Bonchev–Trinajstić information content (AvgIpc) is 3.40. The SMILES string of the molecule is COc1ccccc1Cc1cnc(C2CCCCN2C(=O)c2cc(C(C)C)nn2C)o1. The van der Waals surface area contributed by atoms with Crippen molar-refractivity contribution < 1.29 is 13.9 Å². The van der Waals surface area contributed by atoms with E-state index in [4.69, 9.17) is 9.15 Å². The van der Waals surface area contributed by atoms with Crippen LogP contribution in [0.1, 0.15) is 78.5 Å². The first-order valence-electron chi connectivity index (χ1n) is 10.9. The van der Waals surface area contributed by atoms with Crippen molar-refractivity contribution in [1.29, 1.82) is 0 Å². The predicted octanol–water partition coefficient (Wildman–Crippen LogP) is 4.50. The monoisotopic (exact) mass is 422 g/mol. The molecule has 0 N–H and O–H groups in total. The third-order valence-corrected chi connectivity index (χ3v) is 5.89. The molecule has 1 aliphatic rings. The summed E-state index contributed by atoms with van der Waals surface area (Å²) in [5.74, 6) is 2.45. The van der Waals surface area contributed by atoms with Gasteiger partial charge in [0.15, 0.2) is 0 Å². The average molecular weight is 423 g/mol. The Bertz CT molecular complexity index is 1050. The van der Waals surface area contributed by atoms with Crippen LogP contribution in [0.2, 0.25) is 0 Å². The summed E-state index contributed by atoms with van der Waals surface area (Å²) >= 11 is 0. The van der Waals surface area contributed by atoms with E-state index in [2.05, 4.69) is 23.9 Å². The first-order chi connectivity index (χ1) is 15.0. The minimum atomic E-state index is -0.162. The number of amides is 1. The van der Waals surface area contributed by atoms with Crippen molar-refractivity contribution in [3.05, 3.63) is 65.1 Å². The number of para-hydroxylation sites is 1. The number of benzene rings is 1. The first-order valence-corrected chi connectivity index (χ1v) is 10.9. The zero-order valence-corrected chi connectivity index (χ0v) is 18.7. The summed E-state index contributed by atoms with van der Waals surface area (Å²) in [6.07, 6.45) is 5.22. The van der Waals surface area contributed by atoms with E-state index in [1.165, 1.54) is 0 Å². The number of oxazole rings is 1. The van der Waals surface area contributed by atoms with E-state index < -0.39 is 0 Å². The fourth-order valence-corrected chi connectivity index (χ4v) is 4.15. The Morgan fingerprint density at radius 1 is 1.29 bits per heavy atom. The van der Waals surface area contributed by atoms with Crippen LogP contribution in [0.5, 0.6) is 5.75 Å². The van der Waals surface area contributed by atoms with Crippen LogP contribution in [-0.2, 0) is 13.5 Å². The molecule has 4 rings (SSSR count). The summed E-state index contributed by atoms with van der Waals surface area (Å²) in [4.78, 5) is 19.8. The Labute approximate surface area is 183 Å². The highest BCUT2D eigenvalue weighted by Crippen LogP contribution is 2.33. The standard InChI is InChI=1S/C24H30N4O3/c1-16(2)19-14-21(27(3)26-19)24(29)28-12-8-7-10-20(28)23-25-15-18(31-23)13-17-9-5-6-11-22(17)30-4/h5-6,9,11,14-16,20H,7-8,10,12-13H2,1-4H3. The van der Waals surface area contributed by atoms with Crippen molar-refractivity contribution in [2.24, 2.45) is 7.05 Å². The van der Waals surface area contributed by atoms with Gasteiger partial charge in [-0.2, -0.15) is 5.10 Å². The number of ether oxygens (including phenoxy) is 1. The number of nitrogens with zero attached hydrogens (tertiary/aromatic N) is 4. The predicted molar refractivity (Wildman–Crippen MR) is 117 cm³/mol. The fraction of sp³-hybridized carbons (Fsp3) is 0.458. The van der Waals surface area contributed by atoms with E-state index in [0.717, 1.165) is 42.0 Å². The van der Waals surface area contributed by atoms with Crippen molar-refractivity contribution in [2.45, 2.75) is 51.5 Å². The van der Waals surface area contributed by atoms with Gasteiger partial charge in [0.05, 0.1) is 19.0 Å². The number of carbonyl (C=O) groups excluding carboxylic acids is 1. The smallest absolute Gasteiger partial charge is 0.272 e. The topological polar surface area (TPSA) is 73.4 Å².